The van der Waals surface area contributed by atoms with Gasteiger partial charge in [0.05, 0.1) is 11.4 Å². The lowest BCUT2D eigenvalue weighted by Crippen LogP contribution is -2.45. The van der Waals surface area contributed by atoms with E-state index in [0.717, 1.165) is 32.1 Å². The molecule has 1 saturated carbocycles. The Balaban J connectivity index is 1.98. The highest BCUT2D eigenvalue weighted by Crippen LogP contribution is 2.17. The summed E-state index contributed by atoms with van der Waals surface area (Å²) in [4.78, 5) is 25.6. The first kappa shape index (κ1) is 19.4. The number of benzene rings is 1. The van der Waals surface area contributed by atoms with E-state index in [0.29, 0.717) is 5.56 Å². The number of ketones is 1. The molecule has 0 aliphatic heterocycles. The lowest BCUT2D eigenvalue weighted by Gasteiger charge is -2.22. The summed E-state index contributed by atoms with van der Waals surface area (Å²) in [7, 11) is -0.393. The van der Waals surface area contributed by atoms with Crippen LogP contribution >= 0.6 is 0 Å². The highest BCUT2D eigenvalue weighted by Gasteiger charge is 2.21. The number of nitrogens with zero attached hydrogens (tertiary/aromatic N) is 1. The van der Waals surface area contributed by atoms with Gasteiger partial charge >= 0.3 is 6.03 Å². The molecule has 1 fully saturated rings. The average molecular weight is 367 g/mol. The van der Waals surface area contributed by atoms with Gasteiger partial charge in [0.25, 0.3) is 10.0 Å². The largest absolute Gasteiger partial charge is 0.335 e. The summed E-state index contributed by atoms with van der Waals surface area (Å²) in [6.07, 6.45) is 4.98. The Hall–Kier alpha value is -1.93. The maximum atomic E-state index is 12.3. The number of carbonyl (C=O) groups excluding carboxylic acids is 2. The Kier molecular flexibility index (Phi) is 6.55. The predicted octanol–water partition coefficient (Wildman–Crippen LogP) is 1.75. The van der Waals surface area contributed by atoms with Crippen LogP contribution in [0.5, 0.6) is 0 Å². The lowest BCUT2D eigenvalue weighted by molar-refractivity contribution is 0.0957. The minimum Gasteiger partial charge on any atom is -0.335 e. The molecule has 0 saturated heterocycles. The van der Waals surface area contributed by atoms with Crippen LogP contribution in [0.3, 0.4) is 0 Å². The molecule has 0 spiro atoms. The van der Waals surface area contributed by atoms with Crippen LogP contribution in [0.1, 0.15) is 42.5 Å². The number of carbonyl (C=O) groups is 2. The SMILES string of the molecule is CN(C)CC(=O)c1ccc(S(=O)(=O)NC(=O)NC2CCCCC2)cc1. The second-order valence-electron chi connectivity index (χ2n) is 6.60. The van der Waals surface area contributed by atoms with Gasteiger partial charge in [0.1, 0.15) is 0 Å². The molecule has 138 valence electrons. The predicted molar refractivity (Wildman–Crippen MR) is 95.1 cm³/mol. The third kappa shape index (κ3) is 5.82. The number of rotatable bonds is 6. The smallest absolute Gasteiger partial charge is 0.328 e. The van der Waals surface area contributed by atoms with Gasteiger partial charge in [0.15, 0.2) is 5.78 Å². The molecule has 2 amide bonds. The van der Waals surface area contributed by atoms with Crippen LogP contribution in [0, 0.1) is 0 Å². The Morgan fingerprint density at radius 1 is 1.08 bits per heavy atom. The lowest BCUT2D eigenvalue weighted by atomic mass is 9.96. The van der Waals surface area contributed by atoms with Crippen LogP contribution in [-0.4, -0.2) is 51.8 Å². The Labute approximate surface area is 148 Å². The Morgan fingerprint density at radius 2 is 1.68 bits per heavy atom. The van der Waals surface area contributed by atoms with E-state index >= 15 is 0 Å². The van der Waals surface area contributed by atoms with Gasteiger partial charge in [-0.2, -0.15) is 0 Å². The number of amides is 2. The van der Waals surface area contributed by atoms with Crippen molar-refractivity contribution in [1.82, 2.24) is 14.9 Å². The van der Waals surface area contributed by atoms with Gasteiger partial charge in [-0.05, 0) is 51.2 Å². The molecule has 2 N–H and O–H groups in total. The molecule has 1 aromatic rings. The summed E-state index contributed by atoms with van der Waals surface area (Å²) in [5.74, 6) is -0.100. The summed E-state index contributed by atoms with van der Waals surface area (Å²) in [6, 6.07) is 4.89. The van der Waals surface area contributed by atoms with Gasteiger partial charge in [-0.1, -0.05) is 19.3 Å². The number of likely N-dealkylation sites (N-methyl/N-ethyl adjacent to an activating group) is 1. The van der Waals surface area contributed by atoms with Crippen molar-refractivity contribution >= 4 is 21.8 Å². The average Bonchev–Trinajstić information content (AvgIpc) is 2.54. The second-order valence-corrected chi connectivity index (χ2v) is 8.28. The van der Waals surface area contributed by atoms with Crippen molar-refractivity contribution in [2.24, 2.45) is 0 Å². The molecule has 25 heavy (non-hydrogen) atoms. The highest BCUT2D eigenvalue weighted by atomic mass is 32.2. The van der Waals surface area contributed by atoms with E-state index in [4.69, 9.17) is 0 Å². The topological polar surface area (TPSA) is 95.6 Å². The van der Waals surface area contributed by atoms with Gasteiger partial charge < -0.3 is 10.2 Å². The maximum Gasteiger partial charge on any atom is 0.328 e. The fourth-order valence-corrected chi connectivity index (χ4v) is 3.76. The quantitative estimate of drug-likeness (QED) is 0.747. The van der Waals surface area contributed by atoms with Crippen LogP contribution in [0.4, 0.5) is 4.79 Å². The van der Waals surface area contributed by atoms with Gasteiger partial charge in [-0.25, -0.2) is 17.9 Å². The monoisotopic (exact) mass is 367 g/mol. The highest BCUT2D eigenvalue weighted by molar-refractivity contribution is 7.90. The number of nitrogens with one attached hydrogen (secondary N) is 2. The zero-order valence-corrected chi connectivity index (χ0v) is 15.4. The van der Waals surface area contributed by atoms with Gasteiger partial charge in [0.2, 0.25) is 0 Å². The summed E-state index contributed by atoms with van der Waals surface area (Å²) in [6.45, 7) is 0.244. The normalized spacial score (nSPS) is 15.8. The van der Waals surface area contributed by atoms with Gasteiger partial charge in [-0.3, -0.25) is 4.79 Å². The number of sulfonamides is 1. The van der Waals surface area contributed by atoms with E-state index in [2.05, 4.69) is 5.32 Å². The molecular weight excluding hydrogens is 342 g/mol. The van der Waals surface area contributed by atoms with Crippen LogP contribution in [-0.2, 0) is 10.0 Å². The second kappa shape index (κ2) is 8.44. The molecule has 1 aromatic carbocycles. The number of Topliss-reactive ketones (excluding diaryl/α,β-unsaturated/α-hetero) is 1. The van der Waals surface area contributed by atoms with Crippen molar-refractivity contribution in [3.05, 3.63) is 29.8 Å². The zero-order chi connectivity index (χ0) is 18.4. The first-order chi connectivity index (χ1) is 11.8. The first-order valence-corrected chi connectivity index (χ1v) is 9.87. The molecule has 8 heteroatoms. The van der Waals surface area contributed by atoms with Crippen molar-refractivity contribution in [3.63, 3.8) is 0 Å². The number of hydrogen-bond donors (Lipinski definition) is 2. The van der Waals surface area contributed by atoms with E-state index in [1.807, 2.05) is 4.72 Å². The maximum absolute atomic E-state index is 12.3. The van der Waals surface area contributed by atoms with Crippen LogP contribution < -0.4 is 10.0 Å². The Bertz CT molecular complexity index is 708. The minimum absolute atomic E-state index is 0.0231. The molecule has 0 radical (unpaired) electrons. The molecule has 0 heterocycles. The summed E-state index contributed by atoms with van der Waals surface area (Å²) >= 11 is 0. The van der Waals surface area contributed by atoms with Crippen molar-refractivity contribution in [2.75, 3.05) is 20.6 Å². The van der Waals surface area contributed by atoms with E-state index in [1.165, 1.54) is 24.3 Å². The van der Waals surface area contributed by atoms with Crippen LogP contribution in [0.2, 0.25) is 0 Å². The molecule has 0 aromatic heterocycles. The summed E-state index contributed by atoms with van der Waals surface area (Å²) in [5, 5.41) is 2.71. The fourth-order valence-electron chi connectivity index (χ4n) is 2.84. The summed E-state index contributed by atoms with van der Waals surface area (Å²) in [5.41, 5.74) is 0.430. The molecule has 1 aliphatic rings. The van der Waals surface area contributed by atoms with E-state index in [1.54, 1.807) is 19.0 Å². The van der Waals surface area contributed by atoms with Gasteiger partial charge in [-0.15, -0.1) is 0 Å². The zero-order valence-electron chi connectivity index (χ0n) is 14.6. The third-order valence-electron chi connectivity index (χ3n) is 4.11. The molecular formula is C17H25N3O4S. The number of urea groups is 1. The molecule has 0 bridgehead atoms. The van der Waals surface area contributed by atoms with Crippen LogP contribution in [0.15, 0.2) is 29.2 Å². The standard InChI is InChI=1S/C17H25N3O4S/c1-20(2)12-16(21)13-8-10-15(11-9-13)25(23,24)19-17(22)18-14-6-4-3-5-7-14/h8-11,14H,3-7,12H2,1-2H3,(H2,18,19,22). The molecule has 1 aliphatic carbocycles. The van der Waals surface area contributed by atoms with Crippen molar-refractivity contribution < 1.29 is 18.0 Å². The Morgan fingerprint density at radius 3 is 2.24 bits per heavy atom. The molecule has 2 rings (SSSR count). The van der Waals surface area contributed by atoms with Crippen LogP contribution in [0.25, 0.3) is 0 Å². The summed E-state index contributed by atoms with van der Waals surface area (Å²) < 4.78 is 26.6. The molecule has 0 unspecified atom stereocenters. The first-order valence-electron chi connectivity index (χ1n) is 8.39. The molecule has 0 atom stereocenters. The number of hydrogen-bond acceptors (Lipinski definition) is 5. The fraction of sp³-hybridized carbons (Fsp3) is 0.529. The molecule has 7 nitrogen and oxygen atoms in total. The van der Waals surface area contributed by atoms with Crippen molar-refractivity contribution in [3.8, 4) is 0 Å². The van der Waals surface area contributed by atoms with Crippen molar-refractivity contribution in [2.45, 2.75) is 43.0 Å². The van der Waals surface area contributed by atoms with Gasteiger partial charge in [0, 0.05) is 11.6 Å². The van der Waals surface area contributed by atoms with E-state index in [9.17, 15) is 18.0 Å². The van der Waals surface area contributed by atoms with Crippen molar-refractivity contribution in [1.29, 1.82) is 0 Å². The third-order valence-corrected chi connectivity index (χ3v) is 5.46. The minimum atomic E-state index is -3.96. The van der Waals surface area contributed by atoms with E-state index < -0.39 is 16.1 Å². The van der Waals surface area contributed by atoms with E-state index in [-0.39, 0.29) is 23.3 Å².